The zero-order valence-electron chi connectivity index (χ0n) is 11.0. The summed E-state index contributed by atoms with van der Waals surface area (Å²) in [5.41, 5.74) is 9.16. The van der Waals surface area contributed by atoms with Crippen LogP contribution in [0.15, 0.2) is 53.9 Å². The average molecular weight is 335 g/mol. The number of nitrogens with zero attached hydrogens (tertiary/aromatic N) is 1. The van der Waals surface area contributed by atoms with Crippen LogP contribution in [0.3, 0.4) is 0 Å². The van der Waals surface area contributed by atoms with Gasteiger partial charge < -0.3 is 5.73 Å². The van der Waals surface area contributed by atoms with Crippen molar-refractivity contribution in [3.63, 3.8) is 0 Å². The fourth-order valence-corrected chi connectivity index (χ4v) is 3.21. The third-order valence-electron chi connectivity index (χ3n) is 3.14. The highest BCUT2D eigenvalue weighted by Crippen LogP contribution is 2.29. The molecule has 0 saturated heterocycles. The normalized spacial score (nSPS) is 12.3. The van der Waals surface area contributed by atoms with Crippen molar-refractivity contribution in [1.29, 1.82) is 0 Å². The van der Waals surface area contributed by atoms with E-state index in [1.54, 1.807) is 11.3 Å². The zero-order valence-corrected chi connectivity index (χ0v) is 13.3. The molecule has 21 heavy (non-hydrogen) atoms. The molecule has 0 spiro atoms. The molecular formula is C16H12Cl2N2S. The first kappa shape index (κ1) is 14.5. The minimum Gasteiger partial charge on any atom is -0.318 e. The Morgan fingerprint density at radius 2 is 1.76 bits per heavy atom. The van der Waals surface area contributed by atoms with Crippen LogP contribution in [0.5, 0.6) is 0 Å². The third-order valence-corrected chi connectivity index (χ3v) is 4.55. The van der Waals surface area contributed by atoms with Gasteiger partial charge >= 0.3 is 0 Å². The largest absolute Gasteiger partial charge is 0.318 e. The molecular weight excluding hydrogens is 323 g/mol. The van der Waals surface area contributed by atoms with E-state index in [0.29, 0.717) is 10.0 Å². The van der Waals surface area contributed by atoms with E-state index in [2.05, 4.69) is 4.98 Å². The Bertz CT molecular complexity index is 753. The number of nitrogens with two attached hydrogens (primary N) is 1. The zero-order chi connectivity index (χ0) is 14.8. The van der Waals surface area contributed by atoms with E-state index in [1.165, 1.54) is 0 Å². The average Bonchev–Trinajstić information content (AvgIpc) is 2.97. The van der Waals surface area contributed by atoms with Gasteiger partial charge in [0.15, 0.2) is 0 Å². The molecule has 3 rings (SSSR count). The number of hydrogen-bond acceptors (Lipinski definition) is 3. The molecule has 0 aliphatic carbocycles. The molecule has 3 aromatic rings. The third kappa shape index (κ3) is 3.27. The highest BCUT2D eigenvalue weighted by Gasteiger charge is 2.14. The molecule has 106 valence electrons. The van der Waals surface area contributed by atoms with E-state index < -0.39 is 0 Å². The number of halogens is 2. The summed E-state index contributed by atoms with van der Waals surface area (Å²) in [6.45, 7) is 0. The summed E-state index contributed by atoms with van der Waals surface area (Å²) in [7, 11) is 0. The lowest BCUT2D eigenvalue weighted by Crippen LogP contribution is -2.11. The summed E-state index contributed by atoms with van der Waals surface area (Å²) in [4.78, 5) is 4.62. The molecule has 1 unspecified atom stereocenters. The second kappa shape index (κ2) is 6.16. The van der Waals surface area contributed by atoms with Crippen LogP contribution in [0.4, 0.5) is 0 Å². The number of aromatic nitrogens is 1. The fraction of sp³-hybridized carbons (Fsp3) is 0.0625. The van der Waals surface area contributed by atoms with Crippen molar-refractivity contribution in [2.75, 3.05) is 0 Å². The fourth-order valence-electron chi connectivity index (χ4n) is 2.03. The Kier molecular flexibility index (Phi) is 4.27. The molecule has 1 atom stereocenters. The summed E-state index contributed by atoms with van der Waals surface area (Å²) in [6, 6.07) is 14.9. The van der Waals surface area contributed by atoms with Gasteiger partial charge in [0.1, 0.15) is 5.01 Å². The Balaban J connectivity index is 1.89. The molecule has 5 heteroatoms. The van der Waals surface area contributed by atoms with Crippen molar-refractivity contribution in [1.82, 2.24) is 4.98 Å². The first-order chi connectivity index (χ1) is 10.1. The van der Waals surface area contributed by atoms with Crippen LogP contribution in [-0.2, 0) is 0 Å². The van der Waals surface area contributed by atoms with E-state index in [1.807, 2.05) is 53.9 Å². The van der Waals surface area contributed by atoms with Crippen LogP contribution < -0.4 is 5.73 Å². The summed E-state index contributed by atoms with van der Waals surface area (Å²) in [6.07, 6.45) is 0. The van der Waals surface area contributed by atoms with Crippen LogP contribution >= 0.6 is 34.5 Å². The molecule has 1 heterocycles. The first-order valence-corrected chi connectivity index (χ1v) is 7.99. The van der Waals surface area contributed by atoms with Gasteiger partial charge in [0.05, 0.1) is 11.7 Å². The number of benzene rings is 2. The summed E-state index contributed by atoms with van der Waals surface area (Å²) >= 11 is 13.5. The Hall–Kier alpha value is -1.39. The summed E-state index contributed by atoms with van der Waals surface area (Å²) < 4.78 is 0. The van der Waals surface area contributed by atoms with E-state index in [-0.39, 0.29) is 6.04 Å². The maximum Gasteiger partial charge on any atom is 0.115 e. The molecule has 1 aromatic heterocycles. The van der Waals surface area contributed by atoms with Crippen molar-refractivity contribution in [3.8, 4) is 11.3 Å². The Labute approximate surface area is 137 Å². The summed E-state index contributed by atoms with van der Waals surface area (Å²) in [5.74, 6) is 0. The predicted octanol–water partition coefficient (Wildman–Crippen LogP) is 5.17. The van der Waals surface area contributed by atoms with Crippen LogP contribution in [-0.4, -0.2) is 4.98 Å². The molecule has 0 aliphatic heterocycles. The molecule has 0 fully saturated rings. The maximum atomic E-state index is 6.27. The van der Waals surface area contributed by atoms with Gasteiger partial charge in [0, 0.05) is 21.0 Å². The van der Waals surface area contributed by atoms with Gasteiger partial charge in [-0.25, -0.2) is 4.98 Å². The molecule has 0 saturated carbocycles. The van der Waals surface area contributed by atoms with Gasteiger partial charge in [0.25, 0.3) is 0 Å². The van der Waals surface area contributed by atoms with Gasteiger partial charge in [-0.15, -0.1) is 11.3 Å². The first-order valence-electron chi connectivity index (χ1n) is 6.36. The van der Waals surface area contributed by atoms with Crippen LogP contribution in [0.1, 0.15) is 16.6 Å². The predicted molar refractivity (Wildman–Crippen MR) is 90.0 cm³/mol. The maximum absolute atomic E-state index is 6.27. The minimum atomic E-state index is -0.269. The highest BCUT2D eigenvalue weighted by molar-refractivity contribution is 7.10. The van der Waals surface area contributed by atoms with Gasteiger partial charge in [-0.2, -0.15) is 0 Å². The van der Waals surface area contributed by atoms with Gasteiger partial charge in [-0.05, 0) is 29.8 Å². The van der Waals surface area contributed by atoms with Crippen molar-refractivity contribution in [2.45, 2.75) is 6.04 Å². The molecule has 0 amide bonds. The smallest absolute Gasteiger partial charge is 0.115 e. The van der Waals surface area contributed by atoms with Crippen molar-refractivity contribution in [2.24, 2.45) is 5.73 Å². The van der Waals surface area contributed by atoms with Crippen LogP contribution in [0.2, 0.25) is 10.0 Å². The molecule has 0 aliphatic rings. The number of thiazole rings is 1. The molecule has 2 aromatic carbocycles. The van der Waals surface area contributed by atoms with E-state index >= 15 is 0 Å². The van der Waals surface area contributed by atoms with Gasteiger partial charge in [-0.3, -0.25) is 0 Å². The van der Waals surface area contributed by atoms with E-state index in [0.717, 1.165) is 21.8 Å². The lowest BCUT2D eigenvalue weighted by molar-refractivity contribution is 0.859. The van der Waals surface area contributed by atoms with Crippen LogP contribution in [0, 0.1) is 0 Å². The molecule has 2 nitrogen and oxygen atoms in total. The standard InChI is InChI=1S/C16H12Cl2N2S/c17-12-6-4-10(5-7-12)14-9-21-16(20-14)15(19)11-2-1-3-13(18)8-11/h1-9,15H,19H2. The monoisotopic (exact) mass is 334 g/mol. The van der Waals surface area contributed by atoms with Gasteiger partial charge in [0.2, 0.25) is 0 Å². The van der Waals surface area contributed by atoms with Crippen LogP contribution in [0.25, 0.3) is 11.3 Å². The summed E-state index contributed by atoms with van der Waals surface area (Å²) in [5, 5.41) is 4.26. The van der Waals surface area contributed by atoms with Gasteiger partial charge in [-0.1, -0.05) is 47.5 Å². The Morgan fingerprint density at radius 3 is 2.48 bits per heavy atom. The topological polar surface area (TPSA) is 38.9 Å². The van der Waals surface area contributed by atoms with Crippen molar-refractivity contribution < 1.29 is 0 Å². The van der Waals surface area contributed by atoms with E-state index in [4.69, 9.17) is 28.9 Å². The lowest BCUT2D eigenvalue weighted by Gasteiger charge is -2.08. The second-order valence-corrected chi connectivity index (χ2v) is 6.37. The number of hydrogen-bond donors (Lipinski definition) is 1. The quantitative estimate of drug-likeness (QED) is 0.717. The second-order valence-electron chi connectivity index (χ2n) is 4.61. The SMILES string of the molecule is NC(c1cccc(Cl)c1)c1nc(-c2ccc(Cl)cc2)cs1. The number of rotatable bonds is 3. The molecule has 0 radical (unpaired) electrons. The highest BCUT2D eigenvalue weighted by atomic mass is 35.5. The van der Waals surface area contributed by atoms with Crippen molar-refractivity contribution >= 4 is 34.5 Å². The van der Waals surface area contributed by atoms with Crippen molar-refractivity contribution in [3.05, 3.63) is 74.5 Å². The Morgan fingerprint density at radius 1 is 1.00 bits per heavy atom. The molecule has 0 bridgehead atoms. The minimum absolute atomic E-state index is 0.269. The lowest BCUT2D eigenvalue weighted by atomic mass is 10.1. The van der Waals surface area contributed by atoms with E-state index in [9.17, 15) is 0 Å². The molecule has 2 N–H and O–H groups in total.